The van der Waals surface area contributed by atoms with Crippen LogP contribution < -0.4 is 10.0 Å². The van der Waals surface area contributed by atoms with E-state index in [-0.39, 0.29) is 18.9 Å². The SMILES string of the molecule is Cc1cnn(C2CCCC2)c1NC(=O)CCNS(C)(=O)=O. The van der Waals surface area contributed by atoms with Gasteiger partial charge in [-0.15, -0.1) is 0 Å². The average molecular weight is 314 g/mol. The quantitative estimate of drug-likeness (QED) is 0.824. The van der Waals surface area contributed by atoms with Crippen molar-refractivity contribution in [2.75, 3.05) is 18.1 Å². The van der Waals surface area contributed by atoms with Crippen molar-refractivity contribution in [3.8, 4) is 0 Å². The van der Waals surface area contributed by atoms with Crippen molar-refractivity contribution in [3.63, 3.8) is 0 Å². The van der Waals surface area contributed by atoms with Crippen LogP contribution in [-0.2, 0) is 14.8 Å². The molecule has 7 nitrogen and oxygen atoms in total. The first-order valence-electron chi connectivity index (χ1n) is 7.15. The topological polar surface area (TPSA) is 93.1 Å². The van der Waals surface area contributed by atoms with Crippen molar-refractivity contribution in [1.82, 2.24) is 14.5 Å². The van der Waals surface area contributed by atoms with Crippen LogP contribution in [-0.4, -0.2) is 36.9 Å². The van der Waals surface area contributed by atoms with Crippen LogP contribution in [0.15, 0.2) is 6.20 Å². The highest BCUT2D eigenvalue weighted by Crippen LogP contribution is 2.32. The lowest BCUT2D eigenvalue weighted by molar-refractivity contribution is -0.116. The third kappa shape index (κ3) is 4.53. The average Bonchev–Trinajstić information content (AvgIpc) is 2.99. The zero-order valence-corrected chi connectivity index (χ0v) is 13.2. The molecule has 0 atom stereocenters. The Morgan fingerprint density at radius 1 is 1.43 bits per heavy atom. The molecule has 0 radical (unpaired) electrons. The summed E-state index contributed by atoms with van der Waals surface area (Å²) in [5.41, 5.74) is 0.923. The highest BCUT2D eigenvalue weighted by molar-refractivity contribution is 7.88. The summed E-state index contributed by atoms with van der Waals surface area (Å²) >= 11 is 0. The van der Waals surface area contributed by atoms with Gasteiger partial charge in [-0.05, 0) is 19.8 Å². The van der Waals surface area contributed by atoms with Crippen molar-refractivity contribution < 1.29 is 13.2 Å². The molecule has 0 aliphatic heterocycles. The molecular weight excluding hydrogens is 292 g/mol. The van der Waals surface area contributed by atoms with Crippen molar-refractivity contribution in [2.45, 2.75) is 45.1 Å². The molecule has 1 fully saturated rings. The molecule has 1 amide bonds. The summed E-state index contributed by atoms with van der Waals surface area (Å²) in [6.45, 7) is 2.00. The highest BCUT2D eigenvalue weighted by Gasteiger charge is 2.22. The molecule has 8 heteroatoms. The molecule has 0 saturated heterocycles. The van der Waals surface area contributed by atoms with Crippen LogP contribution in [0.3, 0.4) is 0 Å². The van der Waals surface area contributed by atoms with Crippen LogP contribution in [0, 0.1) is 6.92 Å². The van der Waals surface area contributed by atoms with E-state index in [2.05, 4.69) is 15.1 Å². The number of hydrogen-bond acceptors (Lipinski definition) is 4. The lowest BCUT2D eigenvalue weighted by Gasteiger charge is -2.15. The van der Waals surface area contributed by atoms with E-state index < -0.39 is 10.0 Å². The van der Waals surface area contributed by atoms with Crippen LogP contribution in [0.5, 0.6) is 0 Å². The van der Waals surface area contributed by atoms with Crippen LogP contribution in [0.2, 0.25) is 0 Å². The fourth-order valence-corrected chi connectivity index (χ4v) is 3.05. The van der Waals surface area contributed by atoms with Gasteiger partial charge in [0.25, 0.3) is 0 Å². The van der Waals surface area contributed by atoms with Gasteiger partial charge in [-0.2, -0.15) is 5.10 Å². The molecule has 0 unspecified atom stereocenters. The minimum absolute atomic E-state index is 0.0985. The summed E-state index contributed by atoms with van der Waals surface area (Å²) in [6.07, 6.45) is 7.47. The number of hydrogen-bond donors (Lipinski definition) is 2. The number of aromatic nitrogens is 2. The van der Waals surface area contributed by atoms with E-state index in [1.165, 1.54) is 12.8 Å². The Bertz CT molecular complexity index is 603. The Morgan fingerprint density at radius 2 is 2.10 bits per heavy atom. The number of aryl methyl sites for hydroxylation is 1. The molecule has 1 saturated carbocycles. The Balaban J connectivity index is 1.95. The van der Waals surface area contributed by atoms with Crippen molar-refractivity contribution >= 4 is 21.7 Å². The number of nitrogens with one attached hydrogen (secondary N) is 2. The predicted octanol–water partition coefficient (Wildman–Crippen LogP) is 1.18. The van der Waals surface area contributed by atoms with Gasteiger partial charge in [0.05, 0.1) is 18.5 Å². The summed E-state index contributed by atoms with van der Waals surface area (Å²) in [5.74, 6) is 0.514. The van der Waals surface area contributed by atoms with Gasteiger partial charge in [0.15, 0.2) is 0 Å². The normalized spacial score (nSPS) is 16.3. The molecular formula is C13H22N4O3S. The first kappa shape index (κ1) is 16.0. The van der Waals surface area contributed by atoms with E-state index in [1.54, 1.807) is 6.20 Å². The number of anilines is 1. The maximum Gasteiger partial charge on any atom is 0.226 e. The number of nitrogens with zero attached hydrogens (tertiary/aromatic N) is 2. The fourth-order valence-electron chi connectivity index (χ4n) is 2.57. The second-order valence-electron chi connectivity index (χ2n) is 5.52. The Hall–Kier alpha value is -1.41. The number of carbonyl (C=O) groups excluding carboxylic acids is 1. The second-order valence-corrected chi connectivity index (χ2v) is 7.36. The maximum absolute atomic E-state index is 11.9. The first-order chi connectivity index (χ1) is 9.87. The number of sulfonamides is 1. The summed E-state index contributed by atoms with van der Waals surface area (Å²) in [5, 5.41) is 7.21. The molecule has 118 valence electrons. The third-order valence-corrected chi connectivity index (χ3v) is 4.35. The third-order valence-electron chi connectivity index (χ3n) is 3.62. The summed E-state index contributed by atoms with van der Waals surface area (Å²) in [6, 6.07) is 0.350. The molecule has 0 bridgehead atoms. The van der Waals surface area contributed by atoms with Gasteiger partial charge in [0.2, 0.25) is 15.9 Å². The summed E-state index contributed by atoms with van der Waals surface area (Å²) in [4.78, 5) is 11.9. The molecule has 21 heavy (non-hydrogen) atoms. The lowest BCUT2D eigenvalue weighted by Crippen LogP contribution is -2.27. The number of amides is 1. The monoisotopic (exact) mass is 314 g/mol. The van der Waals surface area contributed by atoms with E-state index in [9.17, 15) is 13.2 Å². The molecule has 1 aromatic heterocycles. The molecule has 1 aliphatic rings. The fraction of sp³-hybridized carbons (Fsp3) is 0.692. The molecule has 1 heterocycles. The predicted molar refractivity (Wildman–Crippen MR) is 80.6 cm³/mol. The van der Waals surface area contributed by atoms with E-state index in [0.717, 1.165) is 30.5 Å². The highest BCUT2D eigenvalue weighted by atomic mass is 32.2. The zero-order chi connectivity index (χ0) is 15.5. The minimum Gasteiger partial charge on any atom is -0.311 e. The van der Waals surface area contributed by atoms with Gasteiger partial charge >= 0.3 is 0 Å². The van der Waals surface area contributed by atoms with Gasteiger partial charge in [-0.25, -0.2) is 17.8 Å². The number of rotatable bonds is 6. The van der Waals surface area contributed by atoms with Crippen LogP contribution in [0.4, 0.5) is 5.82 Å². The minimum atomic E-state index is -3.26. The Kier molecular flexibility index (Phi) is 5.00. The second kappa shape index (κ2) is 6.57. The van der Waals surface area contributed by atoms with E-state index >= 15 is 0 Å². The maximum atomic E-state index is 11.9. The first-order valence-corrected chi connectivity index (χ1v) is 9.04. The van der Waals surface area contributed by atoms with Crippen molar-refractivity contribution in [2.24, 2.45) is 0 Å². The van der Waals surface area contributed by atoms with Gasteiger partial charge in [-0.3, -0.25) is 4.79 Å². The van der Waals surface area contributed by atoms with E-state index in [4.69, 9.17) is 0 Å². The molecule has 1 aromatic rings. The smallest absolute Gasteiger partial charge is 0.226 e. The van der Waals surface area contributed by atoms with Gasteiger partial charge < -0.3 is 5.32 Å². The van der Waals surface area contributed by atoms with Crippen LogP contribution >= 0.6 is 0 Å². The zero-order valence-electron chi connectivity index (χ0n) is 12.4. The van der Waals surface area contributed by atoms with E-state index in [1.807, 2.05) is 11.6 Å². The molecule has 0 aromatic carbocycles. The van der Waals surface area contributed by atoms with Gasteiger partial charge in [0, 0.05) is 18.5 Å². The molecule has 2 rings (SSSR count). The largest absolute Gasteiger partial charge is 0.311 e. The van der Waals surface area contributed by atoms with Crippen molar-refractivity contribution in [1.29, 1.82) is 0 Å². The molecule has 0 spiro atoms. The Labute approximate surface area is 125 Å². The van der Waals surface area contributed by atoms with Crippen LogP contribution in [0.25, 0.3) is 0 Å². The Morgan fingerprint density at radius 3 is 2.71 bits per heavy atom. The van der Waals surface area contributed by atoms with Crippen LogP contribution in [0.1, 0.15) is 43.7 Å². The number of carbonyl (C=O) groups is 1. The molecule has 2 N–H and O–H groups in total. The summed E-state index contributed by atoms with van der Waals surface area (Å²) in [7, 11) is -3.26. The van der Waals surface area contributed by atoms with Crippen molar-refractivity contribution in [3.05, 3.63) is 11.8 Å². The van der Waals surface area contributed by atoms with Gasteiger partial charge in [-0.1, -0.05) is 12.8 Å². The summed E-state index contributed by atoms with van der Waals surface area (Å²) < 4.78 is 26.1. The molecule has 1 aliphatic carbocycles. The van der Waals surface area contributed by atoms with Gasteiger partial charge in [0.1, 0.15) is 5.82 Å². The van der Waals surface area contributed by atoms with E-state index in [0.29, 0.717) is 6.04 Å². The lowest BCUT2D eigenvalue weighted by atomic mass is 10.2. The standard InChI is InChI=1S/C13H22N4O3S/c1-10-9-14-17(11-5-3-4-6-11)13(10)16-12(18)7-8-15-21(2,19)20/h9,11,15H,3-8H2,1-2H3,(H,16,18).